The number of aromatic nitrogens is 3. The fraction of sp³-hybridized carbons (Fsp3) is 0.154. The number of amides is 1. The SMILES string of the molecule is COC(=O)c1ccc(CNC(=O)CSc2nnc(-c3ccccc3F)n2-c2ccc(C)cc2)cc1. The first-order valence-corrected chi connectivity index (χ1v) is 11.8. The molecule has 0 bridgehead atoms. The van der Waals surface area contributed by atoms with Gasteiger partial charge in [0.05, 0.1) is 24.0 Å². The molecule has 7 nitrogen and oxygen atoms in total. The van der Waals surface area contributed by atoms with E-state index < -0.39 is 11.8 Å². The average molecular weight is 491 g/mol. The van der Waals surface area contributed by atoms with Crippen LogP contribution in [0.2, 0.25) is 0 Å². The summed E-state index contributed by atoms with van der Waals surface area (Å²) in [5.74, 6) is -0.551. The third kappa shape index (κ3) is 5.75. The number of rotatable bonds is 8. The Morgan fingerprint density at radius 3 is 2.40 bits per heavy atom. The first-order chi connectivity index (χ1) is 17.0. The molecule has 9 heteroatoms. The lowest BCUT2D eigenvalue weighted by atomic mass is 10.1. The lowest BCUT2D eigenvalue weighted by Crippen LogP contribution is -2.24. The smallest absolute Gasteiger partial charge is 0.337 e. The first kappa shape index (κ1) is 24.2. The highest BCUT2D eigenvalue weighted by molar-refractivity contribution is 7.99. The van der Waals surface area contributed by atoms with Crippen molar-refractivity contribution < 1.29 is 18.7 Å². The molecule has 4 aromatic rings. The van der Waals surface area contributed by atoms with Crippen LogP contribution < -0.4 is 5.32 Å². The molecular formula is C26H23FN4O3S. The summed E-state index contributed by atoms with van der Waals surface area (Å²) >= 11 is 1.21. The van der Waals surface area contributed by atoms with Gasteiger partial charge in [-0.3, -0.25) is 9.36 Å². The summed E-state index contributed by atoms with van der Waals surface area (Å²) in [5.41, 5.74) is 3.47. The summed E-state index contributed by atoms with van der Waals surface area (Å²) in [6.45, 7) is 2.29. The van der Waals surface area contributed by atoms with Crippen LogP contribution in [0, 0.1) is 12.7 Å². The number of hydrogen-bond acceptors (Lipinski definition) is 6. The minimum Gasteiger partial charge on any atom is -0.465 e. The molecule has 0 spiro atoms. The molecule has 0 aliphatic carbocycles. The Kier molecular flexibility index (Phi) is 7.57. The van der Waals surface area contributed by atoms with Crippen LogP contribution >= 0.6 is 11.8 Å². The van der Waals surface area contributed by atoms with Gasteiger partial charge < -0.3 is 10.1 Å². The predicted octanol–water partition coefficient (Wildman–Crippen LogP) is 4.58. The van der Waals surface area contributed by atoms with Crippen LogP contribution in [-0.4, -0.2) is 39.5 Å². The number of ether oxygens (including phenoxy) is 1. The molecule has 3 aromatic carbocycles. The van der Waals surface area contributed by atoms with Crippen LogP contribution in [0.3, 0.4) is 0 Å². The zero-order chi connectivity index (χ0) is 24.8. The van der Waals surface area contributed by atoms with E-state index >= 15 is 0 Å². The largest absolute Gasteiger partial charge is 0.465 e. The summed E-state index contributed by atoms with van der Waals surface area (Å²) in [5, 5.41) is 11.8. The maximum atomic E-state index is 14.5. The van der Waals surface area contributed by atoms with Crippen molar-refractivity contribution in [3.8, 4) is 17.1 Å². The van der Waals surface area contributed by atoms with Crippen molar-refractivity contribution in [2.45, 2.75) is 18.6 Å². The Morgan fingerprint density at radius 1 is 1.00 bits per heavy atom. The molecule has 0 saturated carbocycles. The van der Waals surface area contributed by atoms with Gasteiger partial charge in [-0.15, -0.1) is 10.2 Å². The zero-order valence-corrected chi connectivity index (χ0v) is 20.0. The second-order valence-corrected chi connectivity index (χ2v) is 8.65. The highest BCUT2D eigenvalue weighted by Gasteiger charge is 2.19. The second kappa shape index (κ2) is 11.0. The van der Waals surface area contributed by atoms with Crippen LogP contribution in [-0.2, 0) is 16.1 Å². The van der Waals surface area contributed by atoms with Gasteiger partial charge in [-0.2, -0.15) is 0 Å². The van der Waals surface area contributed by atoms with Crippen LogP contribution in [0.15, 0.2) is 78.0 Å². The molecule has 1 aromatic heterocycles. The monoisotopic (exact) mass is 490 g/mol. The van der Waals surface area contributed by atoms with Crippen molar-refractivity contribution in [2.24, 2.45) is 0 Å². The summed E-state index contributed by atoms with van der Waals surface area (Å²) < 4.78 is 21.0. The van der Waals surface area contributed by atoms with E-state index in [9.17, 15) is 14.0 Å². The van der Waals surface area contributed by atoms with E-state index in [0.29, 0.717) is 28.7 Å². The lowest BCUT2D eigenvalue weighted by Gasteiger charge is -2.11. The molecule has 1 N–H and O–H groups in total. The quantitative estimate of drug-likeness (QED) is 0.288. The molecule has 0 unspecified atom stereocenters. The Balaban J connectivity index is 1.48. The lowest BCUT2D eigenvalue weighted by molar-refractivity contribution is -0.118. The van der Waals surface area contributed by atoms with Crippen LogP contribution in [0.1, 0.15) is 21.5 Å². The molecule has 4 rings (SSSR count). The van der Waals surface area contributed by atoms with Gasteiger partial charge in [0, 0.05) is 12.2 Å². The number of hydrogen-bond donors (Lipinski definition) is 1. The maximum Gasteiger partial charge on any atom is 0.337 e. The van der Waals surface area contributed by atoms with Gasteiger partial charge in [0.25, 0.3) is 0 Å². The van der Waals surface area contributed by atoms with Gasteiger partial charge in [0.1, 0.15) is 5.82 Å². The van der Waals surface area contributed by atoms with Crippen molar-refractivity contribution in [1.29, 1.82) is 0 Å². The molecule has 0 aliphatic rings. The molecule has 0 atom stereocenters. The first-order valence-electron chi connectivity index (χ1n) is 10.8. The highest BCUT2D eigenvalue weighted by Crippen LogP contribution is 2.29. The standard InChI is InChI=1S/C26H23FN4O3S/c1-17-7-13-20(14-8-17)31-24(21-5-3-4-6-22(21)27)29-30-26(31)35-16-23(32)28-15-18-9-11-19(12-10-18)25(33)34-2/h3-14H,15-16H2,1-2H3,(H,28,32). The van der Waals surface area contributed by atoms with Gasteiger partial charge in [-0.05, 0) is 48.9 Å². The fourth-order valence-electron chi connectivity index (χ4n) is 3.37. The second-order valence-electron chi connectivity index (χ2n) is 7.71. The van der Waals surface area contributed by atoms with Gasteiger partial charge >= 0.3 is 5.97 Å². The molecule has 1 amide bonds. The number of carbonyl (C=O) groups is 2. The number of halogens is 1. The molecule has 0 aliphatic heterocycles. The van der Waals surface area contributed by atoms with E-state index in [2.05, 4.69) is 20.3 Å². The van der Waals surface area contributed by atoms with Crippen LogP contribution in [0.5, 0.6) is 0 Å². The number of thioether (sulfide) groups is 1. The van der Waals surface area contributed by atoms with E-state index in [1.165, 1.54) is 24.9 Å². The van der Waals surface area contributed by atoms with Gasteiger partial charge in [-0.1, -0.05) is 53.7 Å². The van der Waals surface area contributed by atoms with Crippen molar-refractivity contribution in [3.63, 3.8) is 0 Å². The Hall–Kier alpha value is -3.98. The van der Waals surface area contributed by atoms with Crippen molar-refractivity contribution in [1.82, 2.24) is 20.1 Å². The molecular weight excluding hydrogens is 467 g/mol. The maximum absolute atomic E-state index is 14.5. The third-order valence-corrected chi connectivity index (χ3v) is 6.17. The third-order valence-electron chi connectivity index (χ3n) is 5.24. The van der Waals surface area contributed by atoms with E-state index in [1.807, 2.05) is 31.2 Å². The molecule has 1 heterocycles. The number of benzene rings is 3. The van der Waals surface area contributed by atoms with E-state index in [1.54, 1.807) is 47.0 Å². The minimum absolute atomic E-state index is 0.0987. The topological polar surface area (TPSA) is 86.1 Å². The normalized spacial score (nSPS) is 10.7. The van der Waals surface area contributed by atoms with Crippen molar-refractivity contribution in [3.05, 3.63) is 95.3 Å². The molecule has 35 heavy (non-hydrogen) atoms. The Labute approximate surface area is 206 Å². The Morgan fingerprint density at radius 2 is 1.71 bits per heavy atom. The summed E-state index contributed by atoms with van der Waals surface area (Å²) in [6.07, 6.45) is 0. The number of nitrogens with zero attached hydrogens (tertiary/aromatic N) is 3. The zero-order valence-electron chi connectivity index (χ0n) is 19.2. The molecule has 0 fully saturated rings. The van der Waals surface area contributed by atoms with Gasteiger partial charge in [-0.25, -0.2) is 9.18 Å². The molecule has 0 saturated heterocycles. The summed E-state index contributed by atoms with van der Waals surface area (Å²) in [6, 6.07) is 20.9. The van der Waals surface area contributed by atoms with Crippen LogP contribution in [0.4, 0.5) is 4.39 Å². The predicted molar refractivity (Wildman–Crippen MR) is 132 cm³/mol. The number of methoxy groups -OCH3 is 1. The van der Waals surface area contributed by atoms with Crippen molar-refractivity contribution >= 4 is 23.6 Å². The average Bonchev–Trinajstić information content (AvgIpc) is 3.30. The van der Waals surface area contributed by atoms with Gasteiger partial charge in [0.2, 0.25) is 5.91 Å². The van der Waals surface area contributed by atoms with E-state index in [0.717, 1.165) is 16.8 Å². The molecule has 0 radical (unpaired) electrons. The highest BCUT2D eigenvalue weighted by atomic mass is 32.2. The summed E-state index contributed by atoms with van der Waals surface area (Å²) in [4.78, 5) is 24.1. The van der Waals surface area contributed by atoms with Crippen molar-refractivity contribution in [2.75, 3.05) is 12.9 Å². The number of carbonyl (C=O) groups excluding carboxylic acids is 2. The number of aryl methyl sites for hydroxylation is 1. The Bertz CT molecular complexity index is 1340. The minimum atomic E-state index is -0.413. The number of nitrogens with one attached hydrogen (secondary N) is 1. The van der Waals surface area contributed by atoms with E-state index in [-0.39, 0.29) is 11.7 Å². The van der Waals surface area contributed by atoms with Gasteiger partial charge in [0.15, 0.2) is 11.0 Å². The van der Waals surface area contributed by atoms with Crippen LogP contribution in [0.25, 0.3) is 17.1 Å². The summed E-state index contributed by atoms with van der Waals surface area (Å²) in [7, 11) is 1.33. The number of esters is 1. The molecule has 178 valence electrons. The fourth-order valence-corrected chi connectivity index (χ4v) is 4.15. The van der Waals surface area contributed by atoms with E-state index in [4.69, 9.17) is 0 Å².